The van der Waals surface area contributed by atoms with Crippen LogP contribution in [0, 0.1) is 5.92 Å². The van der Waals surface area contributed by atoms with E-state index in [2.05, 4.69) is 17.6 Å². The van der Waals surface area contributed by atoms with Crippen molar-refractivity contribution < 1.29 is 4.79 Å². The van der Waals surface area contributed by atoms with Crippen molar-refractivity contribution in [3.05, 3.63) is 27.7 Å². The summed E-state index contributed by atoms with van der Waals surface area (Å²) in [7, 11) is 0. The molecule has 1 saturated heterocycles. The Morgan fingerprint density at radius 1 is 1.35 bits per heavy atom. The highest BCUT2D eigenvalue weighted by Crippen LogP contribution is 2.47. The third-order valence-electron chi connectivity index (χ3n) is 3.89. The van der Waals surface area contributed by atoms with Gasteiger partial charge < -0.3 is 10.6 Å². The van der Waals surface area contributed by atoms with E-state index in [0.717, 1.165) is 17.8 Å². The number of carbonyl (C=O) groups is 1. The lowest BCUT2D eigenvalue weighted by Crippen LogP contribution is -2.40. The number of rotatable bonds is 0. The number of nitrogens with one attached hydrogen (secondary N) is 2. The first-order chi connectivity index (χ1) is 8.05. The Balaban J connectivity index is 2.22. The molecule has 1 spiro atoms. The second kappa shape index (κ2) is 3.61. The molecule has 0 radical (unpaired) electrons. The van der Waals surface area contributed by atoms with Gasteiger partial charge in [0.1, 0.15) is 0 Å². The van der Waals surface area contributed by atoms with Gasteiger partial charge in [-0.2, -0.15) is 0 Å². The van der Waals surface area contributed by atoms with Gasteiger partial charge in [0.15, 0.2) is 0 Å². The molecule has 17 heavy (non-hydrogen) atoms. The zero-order chi connectivity index (χ0) is 12.2. The third kappa shape index (κ3) is 1.36. The number of hydrogen-bond donors (Lipinski definition) is 2. The van der Waals surface area contributed by atoms with Gasteiger partial charge >= 0.3 is 0 Å². The van der Waals surface area contributed by atoms with Gasteiger partial charge in [0, 0.05) is 12.2 Å². The van der Waals surface area contributed by atoms with Gasteiger partial charge in [0.05, 0.1) is 15.5 Å². The lowest BCUT2D eigenvalue weighted by Gasteiger charge is -2.25. The summed E-state index contributed by atoms with van der Waals surface area (Å²) >= 11 is 12.0. The second-order valence-electron chi connectivity index (χ2n) is 4.77. The molecule has 0 bridgehead atoms. The first-order valence-corrected chi connectivity index (χ1v) is 6.33. The maximum absolute atomic E-state index is 12.3. The number of hydrogen-bond acceptors (Lipinski definition) is 2. The highest BCUT2D eigenvalue weighted by Gasteiger charge is 2.53. The summed E-state index contributed by atoms with van der Waals surface area (Å²) < 4.78 is 0. The Labute approximate surface area is 109 Å². The van der Waals surface area contributed by atoms with Crippen LogP contribution >= 0.6 is 23.2 Å². The second-order valence-corrected chi connectivity index (χ2v) is 5.58. The zero-order valence-corrected chi connectivity index (χ0v) is 10.8. The van der Waals surface area contributed by atoms with Crippen LogP contribution in [0.1, 0.15) is 12.5 Å². The van der Waals surface area contributed by atoms with Crippen molar-refractivity contribution >= 4 is 34.8 Å². The smallest absolute Gasteiger partial charge is 0.236 e. The van der Waals surface area contributed by atoms with Crippen LogP contribution < -0.4 is 10.6 Å². The van der Waals surface area contributed by atoms with Crippen LogP contribution in [0.5, 0.6) is 0 Å². The Kier molecular flexibility index (Phi) is 2.41. The van der Waals surface area contributed by atoms with E-state index < -0.39 is 5.41 Å². The van der Waals surface area contributed by atoms with Gasteiger partial charge in [-0.3, -0.25) is 4.79 Å². The molecule has 3 rings (SSSR count). The Hall–Kier alpha value is -0.770. The molecule has 1 amide bonds. The van der Waals surface area contributed by atoms with E-state index in [1.54, 1.807) is 6.07 Å². The van der Waals surface area contributed by atoms with Gasteiger partial charge in [-0.15, -0.1) is 0 Å². The van der Waals surface area contributed by atoms with Gasteiger partial charge in [0.2, 0.25) is 5.91 Å². The van der Waals surface area contributed by atoms with E-state index in [1.807, 2.05) is 6.07 Å². The molecule has 1 fully saturated rings. The first-order valence-electron chi connectivity index (χ1n) is 5.57. The van der Waals surface area contributed by atoms with Gasteiger partial charge in [0.25, 0.3) is 0 Å². The van der Waals surface area contributed by atoms with Crippen molar-refractivity contribution in [2.45, 2.75) is 12.3 Å². The standard InChI is InChI=1S/C12H12Cl2N2O/c1-6-4-15-5-12(6)7-2-8(13)9(14)3-10(7)16-11(12)17/h2-3,6,15H,4-5H2,1H3,(H,16,17). The molecule has 1 aromatic rings. The van der Waals surface area contributed by atoms with Crippen molar-refractivity contribution in [3.63, 3.8) is 0 Å². The van der Waals surface area contributed by atoms with Crippen molar-refractivity contribution in [3.8, 4) is 0 Å². The molecule has 2 heterocycles. The molecular formula is C12H12Cl2N2O. The summed E-state index contributed by atoms with van der Waals surface area (Å²) in [5.74, 6) is 0.296. The molecule has 90 valence electrons. The summed E-state index contributed by atoms with van der Waals surface area (Å²) in [5.41, 5.74) is 1.28. The quantitative estimate of drug-likeness (QED) is 0.760. The molecule has 0 saturated carbocycles. The van der Waals surface area contributed by atoms with Crippen LogP contribution in [0.2, 0.25) is 10.0 Å². The Morgan fingerprint density at radius 2 is 2.06 bits per heavy atom. The van der Waals surface area contributed by atoms with Crippen LogP contribution in [0.15, 0.2) is 12.1 Å². The molecule has 2 atom stereocenters. The van der Waals surface area contributed by atoms with Crippen LogP contribution in [-0.4, -0.2) is 19.0 Å². The molecule has 5 heteroatoms. The SMILES string of the molecule is CC1CNCC12C(=O)Nc1cc(Cl)c(Cl)cc12. The van der Waals surface area contributed by atoms with Crippen LogP contribution in [0.4, 0.5) is 5.69 Å². The molecule has 3 nitrogen and oxygen atoms in total. The molecule has 2 aliphatic heterocycles. The molecule has 2 N–H and O–H groups in total. The average Bonchev–Trinajstić information content (AvgIpc) is 2.76. The first kappa shape index (κ1) is 11.3. The zero-order valence-electron chi connectivity index (χ0n) is 9.31. The van der Waals surface area contributed by atoms with Crippen molar-refractivity contribution in [2.75, 3.05) is 18.4 Å². The summed E-state index contributed by atoms with van der Waals surface area (Å²) in [6.45, 7) is 3.58. The number of amides is 1. The summed E-state index contributed by atoms with van der Waals surface area (Å²) in [6.07, 6.45) is 0. The molecule has 0 aromatic heterocycles. The highest BCUT2D eigenvalue weighted by molar-refractivity contribution is 6.42. The lowest BCUT2D eigenvalue weighted by atomic mass is 9.74. The largest absolute Gasteiger partial charge is 0.325 e. The highest BCUT2D eigenvalue weighted by atomic mass is 35.5. The van der Waals surface area contributed by atoms with Crippen molar-refractivity contribution in [1.82, 2.24) is 5.32 Å². The fourth-order valence-electron chi connectivity index (χ4n) is 2.87. The van der Waals surface area contributed by atoms with Gasteiger partial charge in [-0.1, -0.05) is 30.1 Å². The predicted octanol–water partition coefficient (Wildman–Crippen LogP) is 2.42. The van der Waals surface area contributed by atoms with Crippen LogP contribution in [-0.2, 0) is 10.2 Å². The summed E-state index contributed by atoms with van der Waals surface area (Å²) in [5, 5.41) is 7.15. The normalized spacial score (nSPS) is 30.8. The van der Waals surface area contributed by atoms with Crippen molar-refractivity contribution in [2.24, 2.45) is 5.92 Å². The van der Waals surface area contributed by atoms with E-state index in [-0.39, 0.29) is 11.8 Å². The number of benzene rings is 1. The van der Waals surface area contributed by atoms with Crippen LogP contribution in [0.25, 0.3) is 0 Å². The minimum atomic E-state index is -0.483. The molecule has 0 aliphatic carbocycles. The van der Waals surface area contributed by atoms with E-state index in [1.165, 1.54) is 0 Å². The summed E-state index contributed by atoms with van der Waals surface area (Å²) in [4.78, 5) is 12.3. The molecule has 2 aliphatic rings. The monoisotopic (exact) mass is 270 g/mol. The molecular weight excluding hydrogens is 259 g/mol. The maximum Gasteiger partial charge on any atom is 0.236 e. The van der Waals surface area contributed by atoms with Gasteiger partial charge in [-0.25, -0.2) is 0 Å². The summed E-state index contributed by atoms with van der Waals surface area (Å²) in [6, 6.07) is 3.55. The minimum absolute atomic E-state index is 0.0448. The fraction of sp³-hybridized carbons (Fsp3) is 0.417. The maximum atomic E-state index is 12.3. The lowest BCUT2D eigenvalue weighted by molar-refractivity contribution is -0.121. The Bertz CT molecular complexity index is 517. The van der Waals surface area contributed by atoms with E-state index in [9.17, 15) is 4.79 Å². The topological polar surface area (TPSA) is 41.1 Å². The van der Waals surface area contributed by atoms with Gasteiger partial charge in [-0.05, 0) is 30.2 Å². The average molecular weight is 271 g/mol. The number of anilines is 1. The van der Waals surface area contributed by atoms with Crippen LogP contribution in [0.3, 0.4) is 0 Å². The molecule has 2 unspecified atom stereocenters. The predicted molar refractivity (Wildman–Crippen MR) is 68.8 cm³/mol. The number of halogens is 2. The van der Waals surface area contributed by atoms with Crippen molar-refractivity contribution in [1.29, 1.82) is 0 Å². The van der Waals surface area contributed by atoms with E-state index in [4.69, 9.17) is 23.2 Å². The fourth-order valence-corrected chi connectivity index (χ4v) is 3.20. The third-order valence-corrected chi connectivity index (χ3v) is 4.61. The number of carbonyl (C=O) groups excluding carboxylic acids is 1. The molecule has 1 aromatic carbocycles. The van der Waals surface area contributed by atoms with E-state index >= 15 is 0 Å². The van der Waals surface area contributed by atoms with E-state index in [0.29, 0.717) is 16.6 Å². The number of fused-ring (bicyclic) bond motifs is 2. The Morgan fingerprint density at radius 3 is 2.71 bits per heavy atom. The minimum Gasteiger partial charge on any atom is -0.325 e.